The van der Waals surface area contributed by atoms with Crippen molar-refractivity contribution in [3.8, 4) is 16.9 Å². The zero-order valence-corrected chi connectivity index (χ0v) is 20.0. The Bertz CT molecular complexity index is 1300. The molecule has 0 saturated carbocycles. The van der Waals surface area contributed by atoms with E-state index < -0.39 is 64.9 Å². The smallest absolute Gasteiger partial charge is 0.411 e. The summed E-state index contributed by atoms with van der Waals surface area (Å²) < 4.78 is 79.5. The molecule has 0 fully saturated rings. The van der Waals surface area contributed by atoms with Crippen molar-refractivity contribution in [2.24, 2.45) is 5.92 Å². The van der Waals surface area contributed by atoms with E-state index in [1.165, 1.54) is 0 Å². The number of esters is 1. The quantitative estimate of drug-likeness (QED) is 0.122. The molecule has 0 N–H and O–H groups in total. The van der Waals surface area contributed by atoms with Gasteiger partial charge in [0.2, 0.25) is 34.8 Å². The molecule has 3 aromatic rings. The highest BCUT2D eigenvalue weighted by molar-refractivity contribution is 5.86. The van der Waals surface area contributed by atoms with E-state index in [0.717, 1.165) is 23.1 Å². The third-order valence-corrected chi connectivity index (χ3v) is 6.56. The first kappa shape index (κ1) is 26.1. The fraction of sp³-hybridized carbons (Fsp3) is 0.259. The lowest BCUT2D eigenvalue weighted by atomic mass is 9.93. The van der Waals surface area contributed by atoms with Crippen LogP contribution in [-0.2, 0) is 9.53 Å². The third-order valence-electron chi connectivity index (χ3n) is 6.56. The number of fused-ring (bicyclic) bond motifs is 3. The maximum absolute atomic E-state index is 14.3. The lowest BCUT2D eigenvalue weighted by molar-refractivity contribution is -0.143. The van der Waals surface area contributed by atoms with Crippen LogP contribution in [0.4, 0.5) is 26.7 Å². The van der Waals surface area contributed by atoms with E-state index >= 15 is 0 Å². The van der Waals surface area contributed by atoms with Gasteiger partial charge in [0.15, 0.2) is 0 Å². The summed E-state index contributed by atoms with van der Waals surface area (Å²) in [4.78, 5) is 27.7. The summed E-state index contributed by atoms with van der Waals surface area (Å²) in [6, 6.07) is 12.0. The molecule has 1 aliphatic carbocycles. The number of ether oxygens (including phenoxy) is 2. The van der Waals surface area contributed by atoms with Gasteiger partial charge in [-0.05, 0) is 28.2 Å². The molecule has 1 unspecified atom stereocenters. The zero-order chi connectivity index (χ0) is 27.0. The van der Waals surface area contributed by atoms with Crippen LogP contribution >= 0.6 is 0 Å². The zero-order valence-electron chi connectivity index (χ0n) is 20.0. The molecule has 3 aromatic carbocycles. The molecule has 194 valence electrons. The van der Waals surface area contributed by atoms with Crippen molar-refractivity contribution in [1.82, 2.24) is 4.90 Å². The van der Waals surface area contributed by atoms with E-state index in [1.807, 2.05) is 24.3 Å². The van der Waals surface area contributed by atoms with Gasteiger partial charge in [0.25, 0.3) is 0 Å². The highest BCUT2D eigenvalue weighted by Gasteiger charge is 2.45. The van der Waals surface area contributed by atoms with Crippen LogP contribution < -0.4 is 4.74 Å². The summed E-state index contributed by atoms with van der Waals surface area (Å²) in [7, 11) is 1.10. The molecular weight excluding hydrogens is 497 g/mol. The molecule has 0 aliphatic heterocycles. The van der Waals surface area contributed by atoms with Gasteiger partial charge in [-0.25, -0.2) is 22.8 Å². The van der Waals surface area contributed by atoms with Gasteiger partial charge in [0.05, 0.1) is 13.2 Å². The Morgan fingerprint density at radius 1 is 0.838 bits per heavy atom. The summed E-state index contributed by atoms with van der Waals surface area (Å²) in [5, 5.41) is 0. The summed E-state index contributed by atoms with van der Waals surface area (Å²) in [6.07, 6.45) is -0.656. The molecule has 4 rings (SSSR count). The van der Waals surface area contributed by atoms with E-state index in [0.29, 0.717) is 17.5 Å². The van der Waals surface area contributed by atoms with E-state index in [2.05, 4.69) is 0 Å². The Kier molecular flexibility index (Phi) is 7.20. The Labute approximate surface area is 209 Å². The van der Waals surface area contributed by atoms with Crippen LogP contribution in [0.25, 0.3) is 11.1 Å². The van der Waals surface area contributed by atoms with Crippen LogP contribution in [0.3, 0.4) is 0 Å². The molecule has 0 heterocycles. The molecule has 0 spiro atoms. The van der Waals surface area contributed by atoms with Crippen molar-refractivity contribution in [3.05, 3.63) is 88.7 Å². The maximum atomic E-state index is 14.3. The van der Waals surface area contributed by atoms with Gasteiger partial charge in [0.1, 0.15) is 6.04 Å². The standard InChI is InChI=1S/C27H22F5NO4/c1-4-13(2)23(26(34)37-25-21(31)19(29)18(28)20(30)22(25)32)33(27(35)36-3)24-16-11-7-5-9-14(16)15-10-6-8-12-17(15)24/h5-13,23-24H,4H2,1-3H3/t13?,23-/m0/s1. The van der Waals surface area contributed by atoms with Crippen LogP contribution in [0, 0.1) is 35.0 Å². The summed E-state index contributed by atoms with van der Waals surface area (Å²) in [5.41, 5.74) is 2.92. The number of carbonyl (C=O) groups excluding carboxylic acids is 2. The first-order chi connectivity index (χ1) is 17.6. The molecule has 1 amide bonds. The van der Waals surface area contributed by atoms with Crippen LogP contribution in [0.1, 0.15) is 37.4 Å². The van der Waals surface area contributed by atoms with E-state index in [4.69, 9.17) is 9.47 Å². The van der Waals surface area contributed by atoms with Crippen LogP contribution in [0.15, 0.2) is 48.5 Å². The topological polar surface area (TPSA) is 55.8 Å². The highest BCUT2D eigenvalue weighted by atomic mass is 19.2. The molecular formula is C27H22F5NO4. The number of carbonyl (C=O) groups is 2. The van der Waals surface area contributed by atoms with Crippen molar-refractivity contribution >= 4 is 12.1 Å². The molecule has 0 aromatic heterocycles. The largest absolute Gasteiger partial charge is 0.453 e. The predicted molar refractivity (Wildman–Crippen MR) is 123 cm³/mol. The molecule has 0 saturated heterocycles. The Morgan fingerprint density at radius 2 is 1.30 bits per heavy atom. The van der Waals surface area contributed by atoms with Crippen molar-refractivity contribution < 1.29 is 41.0 Å². The van der Waals surface area contributed by atoms with E-state index in [1.54, 1.807) is 38.1 Å². The molecule has 5 nitrogen and oxygen atoms in total. The Hall–Kier alpha value is -3.95. The number of amides is 1. The number of halogens is 5. The van der Waals surface area contributed by atoms with Gasteiger partial charge in [-0.3, -0.25) is 4.90 Å². The first-order valence-electron chi connectivity index (χ1n) is 11.4. The van der Waals surface area contributed by atoms with Crippen molar-refractivity contribution in [2.45, 2.75) is 32.4 Å². The summed E-state index contributed by atoms with van der Waals surface area (Å²) in [5.74, 6) is -15.3. The number of hydrogen-bond acceptors (Lipinski definition) is 4. The first-order valence-corrected chi connectivity index (χ1v) is 11.4. The number of methoxy groups -OCH3 is 1. The van der Waals surface area contributed by atoms with E-state index in [-0.39, 0.29) is 0 Å². The molecule has 37 heavy (non-hydrogen) atoms. The molecule has 0 bridgehead atoms. The monoisotopic (exact) mass is 519 g/mol. The number of rotatable bonds is 6. The lowest BCUT2D eigenvalue weighted by Crippen LogP contribution is -2.51. The lowest BCUT2D eigenvalue weighted by Gasteiger charge is -2.37. The van der Waals surface area contributed by atoms with Crippen LogP contribution in [-0.4, -0.2) is 30.1 Å². The van der Waals surface area contributed by atoms with E-state index in [9.17, 15) is 31.5 Å². The second-order valence-electron chi connectivity index (χ2n) is 8.60. The second kappa shape index (κ2) is 10.2. The molecule has 2 atom stereocenters. The minimum atomic E-state index is -2.39. The van der Waals surface area contributed by atoms with Gasteiger partial charge in [-0.1, -0.05) is 68.8 Å². The Morgan fingerprint density at radius 3 is 1.76 bits per heavy atom. The normalized spacial score (nSPS) is 13.9. The van der Waals surface area contributed by atoms with Gasteiger partial charge >= 0.3 is 12.1 Å². The number of benzene rings is 3. The fourth-order valence-corrected chi connectivity index (χ4v) is 4.59. The fourth-order valence-electron chi connectivity index (χ4n) is 4.59. The van der Waals surface area contributed by atoms with Crippen molar-refractivity contribution in [3.63, 3.8) is 0 Å². The van der Waals surface area contributed by atoms with Gasteiger partial charge in [-0.2, -0.15) is 8.78 Å². The van der Waals surface area contributed by atoms with Gasteiger partial charge < -0.3 is 9.47 Å². The Balaban J connectivity index is 1.86. The average molecular weight is 519 g/mol. The highest BCUT2D eigenvalue weighted by Crippen LogP contribution is 2.48. The van der Waals surface area contributed by atoms with Crippen molar-refractivity contribution in [2.75, 3.05) is 7.11 Å². The molecule has 10 heteroatoms. The van der Waals surface area contributed by atoms with Gasteiger partial charge in [-0.15, -0.1) is 0 Å². The summed E-state index contributed by atoms with van der Waals surface area (Å²) >= 11 is 0. The second-order valence-corrected chi connectivity index (χ2v) is 8.60. The predicted octanol–water partition coefficient (Wildman–Crippen LogP) is 6.54. The summed E-state index contributed by atoms with van der Waals surface area (Å²) in [6.45, 7) is 3.29. The molecule has 0 radical (unpaired) electrons. The van der Waals surface area contributed by atoms with Crippen molar-refractivity contribution in [1.29, 1.82) is 0 Å². The number of nitrogens with zero attached hydrogens (tertiary/aromatic N) is 1. The SMILES string of the molecule is CCC(C)[C@@H](C(=O)Oc1c(F)c(F)c(F)c(F)c1F)N(C(=O)OC)C1c2ccccc2-c2ccccc21. The average Bonchev–Trinajstić information content (AvgIpc) is 3.25. The van der Waals surface area contributed by atoms with Gasteiger partial charge in [0, 0.05) is 0 Å². The minimum absolute atomic E-state index is 0.292. The van der Waals surface area contributed by atoms with Crippen LogP contribution in [0.5, 0.6) is 5.75 Å². The third kappa shape index (κ3) is 4.30. The van der Waals surface area contributed by atoms with Crippen LogP contribution in [0.2, 0.25) is 0 Å². The number of hydrogen-bond donors (Lipinski definition) is 0. The molecule has 1 aliphatic rings. The maximum Gasteiger partial charge on any atom is 0.411 e. The minimum Gasteiger partial charge on any atom is -0.453 e.